The molecule has 9 aromatic rings. The second-order valence-corrected chi connectivity index (χ2v) is 14.1. The summed E-state index contributed by atoms with van der Waals surface area (Å²) in [6.07, 6.45) is 0. The van der Waals surface area contributed by atoms with Crippen LogP contribution >= 0.6 is 0 Å². The van der Waals surface area contributed by atoms with E-state index >= 15 is 0 Å². The Kier molecular flexibility index (Phi) is 6.02. The molecule has 0 nitrogen and oxygen atoms in total. The first kappa shape index (κ1) is 28.1. The van der Waals surface area contributed by atoms with Crippen LogP contribution in [-0.2, 0) is 5.41 Å². The monoisotopic (exact) mass is 622 g/mol. The second-order valence-electron chi connectivity index (χ2n) is 14.1. The van der Waals surface area contributed by atoms with E-state index in [0.717, 1.165) is 0 Å². The Morgan fingerprint density at radius 3 is 1.51 bits per heavy atom. The number of fused-ring (bicyclic) bond motifs is 8. The van der Waals surface area contributed by atoms with Gasteiger partial charge in [0.1, 0.15) is 0 Å². The molecule has 230 valence electrons. The van der Waals surface area contributed by atoms with Crippen LogP contribution in [0.2, 0.25) is 0 Å². The normalized spacial score (nSPS) is 13.3. The summed E-state index contributed by atoms with van der Waals surface area (Å²) in [6.45, 7) is 4.75. The molecular formula is C49H34. The van der Waals surface area contributed by atoms with Gasteiger partial charge in [-0.05, 0) is 117 Å². The Bertz CT molecular complexity index is 2740. The average Bonchev–Trinajstić information content (AvgIpc) is 3.39. The highest BCUT2D eigenvalue weighted by molar-refractivity contribution is 6.22. The van der Waals surface area contributed by atoms with Gasteiger partial charge in [0.15, 0.2) is 0 Å². The fraction of sp³-hybridized carbons (Fsp3) is 0.0612. The van der Waals surface area contributed by atoms with Gasteiger partial charge >= 0.3 is 0 Å². The van der Waals surface area contributed by atoms with Crippen LogP contribution in [0.15, 0.2) is 170 Å². The summed E-state index contributed by atoms with van der Waals surface area (Å²) in [6, 6.07) is 63.2. The summed E-state index contributed by atoms with van der Waals surface area (Å²) < 4.78 is 0. The van der Waals surface area contributed by atoms with E-state index in [9.17, 15) is 0 Å². The molecule has 0 aliphatic heterocycles. The van der Waals surface area contributed by atoms with Crippen molar-refractivity contribution in [2.24, 2.45) is 0 Å². The maximum absolute atomic E-state index is 2.45. The first-order valence-electron chi connectivity index (χ1n) is 17.3. The van der Waals surface area contributed by atoms with Crippen LogP contribution in [0.1, 0.15) is 25.0 Å². The third-order valence-corrected chi connectivity index (χ3v) is 11.0. The van der Waals surface area contributed by atoms with E-state index in [1.54, 1.807) is 0 Å². The number of hydrogen-bond donors (Lipinski definition) is 0. The molecule has 0 aromatic heterocycles. The molecule has 10 rings (SSSR count). The molecule has 0 heterocycles. The SMILES string of the molecule is CC1(C)c2cc(-c3cccc(-c4c5ccccc5c(-c5ccc6ccccc6c5)c5ccccc45)c3)ccc2-c2c1ccc1ccccc21. The quantitative estimate of drug-likeness (QED) is 0.172. The lowest BCUT2D eigenvalue weighted by Crippen LogP contribution is -2.15. The second kappa shape index (κ2) is 10.5. The third-order valence-electron chi connectivity index (χ3n) is 11.0. The molecule has 0 spiro atoms. The molecule has 0 heteroatoms. The highest BCUT2D eigenvalue weighted by Crippen LogP contribution is 2.52. The largest absolute Gasteiger partial charge is 0.0616 e. The molecule has 0 saturated heterocycles. The number of benzene rings is 9. The number of rotatable bonds is 3. The van der Waals surface area contributed by atoms with Gasteiger partial charge in [-0.3, -0.25) is 0 Å². The van der Waals surface area contributed by atoms with Gasteiger partial charge in [-0.2, -0.15) is 0 Å². The minimum atomic E-state index is -0.0761. The molecule has 0 fully saturated rings. The molecular weight excluding hydrogens is 589 g/mol. The van der Waals surface area contributed by atoms with Crippen molar-refractivity contribution < 1.29 is 0 Å². The Labute approximate surface area is 286 Å². The zero-order valence-corrected chi connectivity index (χ0v) is 27.7. The van der Waals surface area contributed by atoms with Gasteiger partial charge in [0.2, 0.25) is 0 Å². The lowest BCUT2D eigenvalue weighted by Gasteiger charge is -2.22. The Hall–Kier alpha value is -5.98. The van der Waals surface area contributed by atoms with Crippen molar-refractivity contribution in [1.29, 1.82) is 0 Å². The van der Waals surface area contributed by atoms with Crippen molar-refractivity contribution in [3.63, 3.8) is 0 Å². The maximum Gasteiger partial charge on any atom is 0.0159 e. The highest BCUT2D eigenvalue weighted by Gasteiger charge is 2.36. The smallest absolute Gasteiger partial charge is 0.0159 e. The number of hydrogen-bond acceptors (Lipinski definition) is 0. The molecule has 0 saturated carbocycles. The first-order chi connectivity index (χ1) is 24.1. The van der Waals surface area contributed by atoms with Crippen molar-refractivity contribution in [3.8, 4) is 44.5 Å². The van der Waals surface area contributed by atoms with Gasteiger partial charge in [0.05, 0.1) is 0 Å². The zero-order chi connectivity index (χ0) is 32.7. The Morgan fingerprint density at radius 2 is 0.816 bits per heavy atom. The van der Waals surface area contributed by atoms with Gasteiger partial charge in [0.25, 0.3) is 0 Å². The molecule has 0 radical (unpaired) electrons. The van der Waals surface area contributed by atoms with Crippen LogP contribution < -0.4 is 0 Å². The zero-order valence-electron chi connectivity index (χ0n) is 27.7. The van der Waals surface area contributed by atoms with Crippen LogP contribution in [0.5, 0.6) is 0 Å². The van der Waals surface area contributed by atoms with E-state index in [2.05, 4.69) is 184 Å². The molecule has 0 bridgehead atoms. The molecule has 0 unspecified atom stereocenters. The maximum atomic E-state index is 2.45. The summed E-state index contributed by atoms with van der Waals surface area (Å²) in [7, 11) is 0. The molecule has 0 atom stereocenters. The van der Waals surface area contributed by atoms with E-state index in [-0.39, 0.29) is 5.41 Å². The summed E-state index contributed by atoms with van der Waals surface area (Å²) in [5, 5.41) is 10.3. The van der Waals surface area contributed by atoms with Crippen molar-refractivity contribution in [1.82, 2.24) is 0 Å². The molecule has 1 aliphatic carbocycles. The standard InChI is InChI=1S/C49H34/c1-49(2)44-27-25-32-13-5-6-17-38(32)48(44)43-26-24-35(30-45(43)49)34-15-11-16-36(29-34)46-39-18-7-9-20-41(39)47(42-21-10-8-19-40(42)46)37-23-22-31-12-3-4-14-33(31)28-37/h3-30H,1-2H3. The molecule has 49 heavy (non-hydrogen) atoms. The van der Waals surface area contributed by atoms with Crippen LogP contribution in [0.4, 0.5) is 0 Å². The Balaban J connectivity index is 1.16. The van der Waals surface area contributed by atoms with Crippen molar-refractivity contribution in [2.45, 2.75) is 19.3 Å². The van der Waals surface area contributed by atoms with Gasteiger partial charge in [-0.15, -0.1) is 0 Å². The summed E-state index contributed by atoms with van der Waals surface area (Å²) in [4.78, 5) is 0. The predicted molar refractivity (Wildman–Crippen MR) is 210 cm³/mol. The van der Waals surface area contributed by atoms with Crippen LogP contribution in [0.25, 0.3) is 87.6 Å². The lowest BCUT2D eigenvalue weighted by molar-refractivity contribution is 0.661. The van der Waals surface area contributed by atoms with Gasteiger partial charge in [-0.25, -0.2) is 0 Å². The van der Waals surface area contributed by atoms with Crippen molar-refractivity contribution >= 4 is 43.1 Å². The van der Waals surface area contributed by atoms with Crippen molar-refractivity contribution in [2.75, 3.05) is 0 Å². The summed E-state index contributed by atoms with van der Waals surface area (Å²) in [5.74, 6) is 0. The van der Waals surface area contributed by atoms with E-state index < -0.39 is 0 Å². The van der Waals surface area contributed by atoms with Crippen LogP contribution in [0, 0.1) is 0 Å². The van der Waals surface area contributed by atoms with E-state index in [1.165, 1.54) is 98.7 Å². The minimum absolute atomic E-state index is 0.0761. The lowest BCUT2D eigenvalue weighted by atomic mass is 9.81. The van der Waals surface area contributed by atoms with E-state index in [1.807, 2.05) is 0 Å². The summed E-state index contributed by atoms with van der Waals surface area (Å²) in [5.41, 5.74) is 13.1. The van der Waals surface area contributed by atoms with Gasteiger partial charge < -0.3 is 0 Å². The highest BCUT2D eigenvalue weighted by atomic mass is 14.4. The molecule has 1 aliphatic rings. The molecule has 9 aromatic carbocycles. The van der Waals surface area contributed by atoms with Crippen LogP contribution in [0.3, 0.4) is 0 Å². The molecule has 0 amide bonds. The van der Waals surface area contributed by atoms with E-state index in [4.69, 9.17) is 0 Å². The topological polar surface area (TPSA) is 0 Å². The van der Waals surface area contributed by atoms with E-state index in [0.29, 0.717) is 0 Å². The van der Waals surface area contributed by atoms with Crippen LogP contribution in [-0.4, -0.2) is 0 Å². The Morgan fingerprint density at radius 1 is 0.306 bits per heavy atom. The predicted octanol–water partition coefficient (Wildman–Crippen LogP) is 13.6. The first-order valence-corrected chi connectivity index (χ1v) is 17.3. The van der Waals surface area contributed by atoms with Crippen molar-refractivity contribution in [3.05, 3.63) is 181 Å². The van der Waals surface area contributed by atoms with Gasteiger partial charge in [0, 0.05) is 5.41 Å². The third kappa shape index (κ3) is 4.17. The fourth-order valence-corrected chi connectivity index (χ4v) is 8.64. The minimum Gasteiger partial charge on any atom is -0.0616 e. The fourth-order valence-electron chi connectivity index (χ4n) is 8.64. The molecule has 0 N–H and O–H groups in total. The average molecular weight is 623 g/mol. The van der Waals surface area contributed by atoms with Gasteiger partial charge in [-0.1, -0.05) is 166 Å². The summed E-state index contributed by atoms with van der Waals surface area (Å²) >= 11 is 0.